The molecule has 1 saturated heterocycles. The zero-order valence-corrected chi connectivity index (χ0v) is 32.2. The van der Waals surface area contributed by atoms with Crippen molar-refractivity contribution in [3.63, 3.8) is 0 Å². The summed E-state index contributed by atoms with van der Waals surface area (Å²) >= 11 is 0. The molecule has 4 heterocycles. The first-order chi connectivity index (χ1) is 27.9. The molecule has 1 saturated carbocycles. The quantitative estimate of drug-likeness (QED) is 0.139. The van der Waals surface area contributed by atoms with Crippen LogP contribution in [0.15, 0.2) is 48.5 Å². The summed E-state index contributed by atoms with van der Waals surface area (Å²) in [6.45, 7) is 1.72. The largest absolute Gasteiger partial charge is 0.435 e. The average molecular weight is 845 g/mol. The van der Waals surface area contributed by atoms with Gasteiger partial charge in [0.25, 0.3) is 5.92 Å². The van der Waals surface area contributed by atoms with Crippen LogP contribution in [0.2, 0.25) is 0 Å². The summed E-state index contributed by atoms with van der Waals surface area (Å²) in [5, 5.41) is 10.9. The molecule has 59 heavy (non-hydrogen) atoms. The van der Waals surface area contributed by atoms with E-state index in [9.17, 15) is 35.2 Å². The van der Waals surface area contributed by atoms with Gasteiger partial charge in [-0.05, 0) is 60.6 Å². The van der Waals surface area contributed by atoms with Crippen LogP contribution in [-0.2, 0) is 51.7 Å². The smallest absolute Gasteiger partial charge is 0.379 e. The van der Waals surface area contributed by atoms with E-state index in [1.807, 2.05) is 0 Å². The van der Waals surface area contributed by atoms with Crippen LogP contribution < -0.4 is 10.0 Å². The van der Waals surface area contributed by atoms with Crippen molar-refractivity contribution in [1.82, 2.24) is 34.8 Å². The van der Waals surface area contributed by atoms with Crippen molar-refractivity contribution in [2.24, 2.45) is 13.0 Å². The molecular weight excluding hydrogens is 810 g/mol. The number of aromatic nitrogens is 5. The third kappa shape index (κ3) is 8.10. The van der Waals surface area contributed by atoms with Gasteiger partial charge in [0.2, 0.25) is 15.9 Å². The van der Waals surface area contributed by atoms with Gasteiger partial charge in [-0.1, -0.05) is 18.1 Å². The molecule has 1 aliphatic heterocycles. The second kappa shape index (κ2) is 14.9. The minimum Gasteiger partial charge on any atom is -0.379 e. The van der Waals surface area contributed by atoms with Gasteiger partial charge in [0, 0.05) is 54.2 Å². The fourth-order valence-electron chi connectivity index (χ4n) is 7.99. The van der Waals surface area contributed by atoms with Crippen molar-refractivity contribution < 1.29 is 48.7 Å². The van der Waals surface area contributed by atoms with Gasteiger partial charge >= 0.3 is 6.18 Å². The molecule has 3 aliphatic rings. The number of nitrogens with one attached hydrogen (secondary N) is 2. The first-order valence-corrected chi connectivity index (χ1v) is 20.3. The standard InChI is InChI=1S/C39H35F7N8O4S/c1-52-34-26(6-3-7-27(34)37(50-52)51-59(2,56)57)25-9-8-24(5-4-10-53-11-13-58-14-12-53)47-33(25)30(17-21-15-22(40)18-23(41)16-21)48-31(55)20-54-36-32(35(49-54)39(44,45)46)28-19-29(28)38(36,42)43/h3,6-9,15-16,18,28-30H,10-14,17,19-20H2,1-2H3,(H,48,55)(H,50,51)/t28-,29+,30-/m0/s1. The second-order valence-electron chi connectivity index (χ2n) is 14.8. The van der Waals surface area contributed by atoms with Crippen molar-refractivity contribution in [2.75, 3.05) is 43.8 Å². The predicted molar refractivity (Wildman–Crippen MR) is 199 cm³/mol. The monoisotopic (exact) mass is 844 g/mol. The van der Waals surface area contributed by atoms with E-state index in [4.69, 9.17) is 9.72 Å². The molecule has 20 heteroatoms. The third-order valence-corrected chi connectivity index (χ3v) is 11.1. The number of pyridine rings is 1. The molecule has 5 aromatic rings. The first-order valence-electron chi connectivity index (χ1n) is 18.4. The number of amides is 1. The van der Waals surface area contributed by atoms with Gasteiger partial charge in [0.05, 0.1) is 43.3 Å². The van der Waals surface area contributed by atoms with Gasteiger partial charge in [-0.25, -0.2) is 22.2 Å². The fraction of sp³-hybridized carbons (Fsp3) is 0.385. The lowest BCUT2D eigenvalue weighted by Crippen LogP contribution is -2.36. The van der Waals surface area contributed by atoms with Gasteiger partial charge in [0.15, 0.2) is 11.5 Å². The molecule has 8 rings (SSSR count). The summed E-state index contributed by atoms with van der Waals surface area (Å²) in [5.41, 5.74) is -1.53. The molecule has 2 fully saturated rings. The number of aryl methyl sites for hydroxylation is 1. The van der Waals surface area contributed by atoms with Gasteiger partial charge < -0.3 is 10.1 Å². The Balaban J connectivity index is 1.24. The van der Waals surface area contributed by atoms with E-state index in [0.717, 1.165) is 18.4 Å². The Morgan fingerprint density at radius 3 is 2.47 bits per heavy atom. The van der Waals surface area contributed by atoms with Crippen molar-refractivity contribution in [1.29, 1.82) is 0 Å². The Morgan fingerprint density at radius 2 is 1.78 bits per heavy atom. The minimum atomic E-state index is -5.06. The lowest BCUT2D eigenvalue weighted by molar-refractivity contribution is -0.142. The molecule has 3 aromatic heterocycles. The van der Waals surface area contributed by atoms with Crippen LogP contribution in [0.1, 0.15) is 52.3 Å². The van der Waals surface area contributed by atoms with E-state index in [1.165, 1.54) is 4.68 Å². The number of ether oxygens (including phenoxy) is 1. The number of halogens is 7. The second-order valence-corrected chi connectivity index (χ2v) is 16.6. The number of carbonyl (C=O) groups is 1. The molecule has 2 N–H and O–H groups in total. The number of carbonyl (C=O) groups excluding carboxylic acids is 1. The van der Waals surface area contributed by atoms with Gasteiger partial charge in [-0.2, -0.15) is 32.1 Å². The summed E-state index contributed by atoms with van der Waals surface area (Å²) in [5.74, 6) is -2.84. The normalized spacial score (nSPS) is 19.1. The number of sulfonamides is 1. The summed E-state index contributed by atoms with van der Waals surface area (Å²) in [6, 6.07) is 9.58. The van der Waals surface area contributed by atoms with E-state index in [0.29, 0.717) is 65.6 Å². The van der Waals surface area contributed by atoms with Crippen LogP contribution in [0.3, 0.4) is 0 Å². The van der Waals surface area contributed by atoms with Crippen LogP contribution in [0, 0.1) is 29.4 Å². The van der Waals surface area contributed by atoms with Crippen LogP contribution in [0.25, 0.3) is 22.0 Å². The molecule has 0 radical (unpaired) electrons. The van der Waals surface area contributed by atoms with Gasteiger partial charge in [-0.15, -0.1) is 0 Å². The Kier molecular flexibility index (Phi) is 10.2. The zero-order chi connectivity index (χ0) is 42.0. The summed E-state index contributed by atoms with van der Waals surface area (Å²) in [4.78, 5) is 20.9. The number of benzene rings is 2. The summed E-state index contributed by atoms with van der Waals surface area (Å²) < 4.78 is 136. The number of para-hydroxylation sites is 1. The third-order valence-electron chi connectivity index (χ3n) is 10.5. The maximum absolute atomic E-state index is 15.4. The molecule has 2 aromatic carbocycles. The number of hydrogen-bond acceptors (Lipinski definition) is 8. The predicted octanol–water partition coefficient (Wildman–Crippen LogP) is 5.49. The fourth-order valence-corrected chi connectivity index (χ4v) is 8.50. The maximum Gasteiger partial charge on any atom is 0.435 e. The highest BCUT2D eigenvalue weighted by atomic mass is 32.2. The van der Waals surface area contributed by atoms with E-state index < -0.39 is 81.0 Å². The number of rotatable bonds is 10. The van der Waals surface area contributed by atoms with Crippen LogP contribution in [0.5, 0.6) is 0 Å². The number of anilines is 1. The van der Waals surface area contributed by atoms with Gasteiger partial charge in [0.1, 0.15) is 29.6 Å². The molecule has 1 amide bonds. The Labute approximate surface area is 332 Å². The average Bonchev–Trinajstić information content (AvgIpc) is 3.70. The lowest BCUT2D eigenvalue weighted by atomic mass is 9.93. The lowest BCUT2D eigenvalue weighted by Gasteiger charge is -2.24. The topological polar surface area (TPSA) is 136 Å². The molecule has 0 spiro atoms. The SMILES string of the molecule is Cn1nc(NS(C)(=O)=O)c2cccc(-c3ccc(C#CCN4CCOCC4)nc3[C@H](Cc3cc(F)cc(F)c3)NC(=O)Cn3nc(C(F)(F)F)c4c3C(F)(F)[C@@H]3C[C@H]43)c21. The molecule has 3 atom stereocenters. The molecule has 12 nitrogen and oxygen atoms in total. The number of morpholine rings is 1. The van der Waals surface area contributed by atoms with Gasteiger partial charge in [-0.3, -0.25) is 23.8 Å². The Hall–Kier alpha value is -5.52. The number of fused-ring (bicyclic) bond motifs is 4. The zero-order valence-electron chi connectivity index (χ0n) is 31.4. The molecule has 2 aliphatic carbocycles. The van der Waals surface area contributed by atoms with Crippen molar-refractivity contribution in [2.45, 2.75) is 43.4 Å². The highest BCUT2D eigenvalue weighted by molar-refractivity contribution is 7.92. The Bertz CT molecular complexity index is 2640. The van der Waals surface area contributed by atoms with Crippen LogP contribution >= 0.6 is 0 Å². The van der Waals surface area contributed by atoms with E-state index in [-0.39, 0.29) is 35.6 Å². The van der Waals surface area contributed by atoms with E-state index in [2.05, 4.69) is 37.0 Å². The van der Waals surface area contributed by atoms with E-state index >= 15 is 8.78 Å². The molecule has 0 unspecified atom stereocenters. The Morgan fingerprint density at radius 1 is 1.05 bits per heavy atom. The maximum atomic E-state index is 15.4. The molecule has 0 bridgehead atoms. The van der Waals surface area contributed by atoms with Crippen molar-refractivity contribution in [3.05, 3.63) is 94.1 Å². The molecule has 310 valence electrons. The number of hydrogen-bond donors (Lipinski definition) is 2. The highest BCUT2D eigenvalue weighted by Crippen LogP contribution is 2.68. The minimum absolute atomic E-state index is 0.0199. The summed E-state index contributed by atoms with van der Waals surface area (Å²) in [7, 11) is -2.19. The van der Waals surface area contributed by atoms with Crippen LogP contribution in [0.4, 0.5) is 36.6 Å². The van der Waals surface area contributed by atoms with Crippen molar-refractivity contribution >= 4 is 32.7 Å². The number of nitrogens with zero attached hydrogens (tertiary/aromatic N) is 6. The van der Waals surface area contributed by atoms with Crippen molar-refractivity contribution in [3.8, 4) is 23.0 Å². The summed E-state index contributed by atoms with van der Waals surface area (Å²) in [6.07, 6.45) is -4.57. The van der Waals surface area contributed by atoms with E-state index in [1.54, 1.807) is 37.4 Å². The molecular formula is C39H35F7N8O4S. The van der Waals surface area contributed by atoms with Crippen LogP contribution in [-0.4, -0.2) is 82.9 Å². The number of alkyl halides is 5. The highest BCUT2D eigenvalue weighted by Gasteiger charge is 2.68. The first kappa shape index (κ1) is 40.3.